The summed E-state index contributed by atoms with van der Waals surface area (Å²) in [4.78, 5) is 109. The van der Waals surface area contributed by atoms with Crippen LogP contribution in [0.3, 0.4) is 0 Å². The van der Waals surface area contributed by atoms with Crippen LogP contribution in [-0.4, -0.2) is 108 Å². The summed E-state index contributed by atoms with van der Waals surface area (Å²) >= 11 is 0. The van der Waals surface area contributed by atoms with E-state index in [1.165, 1.54) is 135 Å². The molecule has 0 aromatic rings. The molecule has 0 aromatic heterocycles. The van der Waals surface area contributed by atoms with Crippen molar-refractivity contribution in [2.45, 2.75) is 214 Å². The van der Waals surface area contributed by atoms with Gasteiger partial charge in [-0.15, -0.1) is 0 Å². The lowest BCUT2D eigenvalue weighted by molar-refractivity contribution is -0.146. The summed E-state index contributed by atoms with van der Waals surface area (Å²) in [6, 6.07) is 0. The quantitative estimate of drug-likeness (QED) is 0.0246. The zero-order valence-corrected chi connectivity index (χ0v) is 45.7. The normalized spacial score (nSPS) is 22.1. The summed E-state index contributed by atoms with van der Waals surface area (Å²) in [5, 5.41) is 0. The first-order valence-corrected chi connectivity index (χ1v) is 29.4. The topological polar surface area (TPSA) is 191 Å². The molecule has 3 aliphatic heterocycles. The van der Waals surface area contributed by atoms with Gasteiger partial charge in [0.1, 0.15) is 0 Å². The van der Waals surface area contributed by atoms with Gasteiger partial charge in [0.05, 0.1) is 19.8 Å². The zero-order chi connectivity index (χ0) is 53.8. The van der Waals surface area contributed by atoms with Gasteiger partial charge in [-0.3, -0.25) is 57.9 Å². The van der Waals surface area contributed by atoms with Gasteiger partial charge in [0, 0.05) is 75.4 Å². The third-order valence-corrected chi connectivity index (χ3v) is 16.3. The van der Waals surface area contributed by atoms with Crippen molar-refractivity contribution in [3.05, 3.63) is 36.5 Å². The van der Waals surface area contributed by atoms with Gasteiger partial charge in [-0.05, 0) is 112 Å². The number of carbonyl (C=O) groups is 9. The second-order valence-electron chi connectivity index (χ2n) is 22.6. The molecule has 0 aromatic carbocycles. The Labute approximate surface area is 455 Å². The molecule has 3 fully saturated rings. The highest BCUT2D eigenvalue weighted by molar-refractivity contribution is 6.14. The molecule has 2 bridgehead atoms. The summed E-state index contributed by atoms with van der Waals surface area (Å²) < 4.78 is 16.6. The molecule has 0 radical (unpaired) electrons. The van der Waals surface area contributed by atoms with Crippen molar-refractivity contribution in [1.29, 1.82) is 0 Å². The van der Waals surface area contributed by atoms with Crippen molar-refractivity contribution >= 4 is 53.4 Å². The minimum absolute atomic E-state index is 0. The van der Waals surface area contributed by atoms with E-state index >= 15 is 0 Å². The molecule has 0 N–H and O–H groups in total. The highest BCUT2D eigenvalue weighted by Crippen LogP contribution is 2.62. The van der Waals surface area contributed by atoms with Crippen molar-refractivity contribution < 1.29 is 57.4 Å². The van der Waals surface area contributed by atoms with Crippen LogP contribution in [0.15, 0.2) is 36.5 Å². The number of hydrogen-bond donors (Lipinski definition) is 0. The maximum absolute atomic E-state index is 12.3. The Kier molecular flexibility index (Phi) is 29.7. The fourth-order valence-electron chi connectivity index (χ4n) is 12.2. The Balaban J connectivity index is 0.000000335. The van der Waals surface area contributed by atoms with Gasteiger partial charge in [-0.25, -0.2) is 0 Å². The first kappa shape index (κ1) is 63.6. The van der Waals surface area contributed by atoms with Crippen molar-refractivity contribution in [1.82, 2.24) is 14.7 Å². The van der Waals surface area contributed by atoms with Gasteiger partial charge in [-0.2, -0.15) is 0 Å². The van der Waals surface area contributed by atoms with Crippen LogP contribution in [0.5, 0.6) is 0 Å². The summed E-state index contributed by atoms with van der Waals surface area (Å²) in [6.07, 6.45) is 38.4. The van der Waals surface area contributed by atoms with Crippen LogP contribution in [0.4, 0.5) is 0 Å². The molecule has 426 valence electrons. The molecule has 6 unspecified atom stereocenters. The Morgan fingerprint density at radius 3 is 1.20 bits per heavy atom. The molecule has 3 saturated carbocycles. The molecule has 3 heterocycles. The predicted octanol–water partition coefficient (Wildman–Crippen LogP) is 11.1. The second-order valence-corrected chi connectivity index (χ2v) is 22.6. The van der Waals surface area contributed by atoms with Crippen molar-refractivity contribution in [2.75, 3.05) is 39.5 Å². The number of esters is 3. The SMILES string of the molecule is C.CC(C)CCCCCCCCCCCCCCCOC(=O)CCCCCN1C(=O)C=CC1=O.O=C(CCCCCN1C(=O)C=CC1=O)OCC1CC2C3CC(COC(=O)CCCCCN4C(=O)C=CC4=O)C(C3)C2C1. The smallest absolute Gasteiger partial charge is 0.305 e. The van der Waals surface area contributed by atoms with Crippen LogP contribution in [-0.2, 0) is 57.4 Å². The van der Waals surface area contributed by atoms with E-state index in [0.29, 0.717) is 120 Å². The second kappa shape index (κ2) is 35.5. The summed E-state index contributed by atoms with van der Waals surface area (Å²) in [6.45, 7) is 7.32. The van der Waals surface area contributed by atoms with Gasteiger partial charge in [0.2, 0.25) is 0 Å². The van der Waals surface area contributed by atoms with Crippen molar-refractivity contribution in [3.8, 4) is 0 Å². The monoisotopic (exact) mass is 1060 g/mol. The van der Waals surface area contributed by atoms with Crippen LogP contribution in [0, 0.1) is 41.4 Å². The average molecular weight is 1060 g/mol. The highest BCUT2D eigenvalue weighted by atomic mass is 16.5. The Morgan fingerprint density at radius 2 is 0.776 bits per heavy atom. The van der Waals surface area contributed by atoms with Gasteiger partial charge in [-0.1, -0.05) is 124 Å². The van der Waals surface area contributed by atoms with Crippen LogP contribution in [0.25, 0.3) is 0 Å². The fraction of sp³-hybridized carbons (Fsp3) is 0.754. The van der Waals surface area contributed by atoms with E-state index in [1.54, 1.807) is 0 Å². The van der Waals surface area contributed by atoms with E-state index in [1.807, 2.05) is 0 Å². The van der Waals surface area contributed by atoms with Crippen LogP contribution in [0.1, 0.15) is 214 Å². The molecule has 0 saturated heterocycles. The molecule has 0 spiro atoms. The first-order valence-electron chi connectivity index (χ1n) is 29.4. The molecule has 6 amide bonds. The summed E-state index contributed by atoms with van der Waals surface area (Å²) in [7, 11) is 0. The molecular weight excluding hydrogens is 967 g/mol. The van der Waals surface area contributed by atoms with E-state index < -0.39 is 0 Å². The molecule has 6 rings (SSSR count). The van der Waals surface area contributed by atoms with Gasteiger partial charge >= 0.3 is 17.9 Å². The van der Waals surface area contributed by atoms with E-state index in [0.717, 1.165) is 70.1 Å². The Hall–Kier alpha value is -4.95. The number of fused-ring (bicyclic) bond motifs is 5. The number of unbranched alkanes of at least 4 members (excludes halogenated alkanes) is 18. The standard InChI is InChI=1S/C32H42N2O8.C28H49NO4.CH4/c35-27-9-10-28(36)33(27)13-5-1-3-7-31(39)41-19-21-15-24-22-17-23(25(18-22)26(24)16-21)20-42-32(40)8-4-2-6-14-34-29(37)11-12-30(34)38;1-25(2)19-15-12-10-8-6-4-3-5-7-9-11-13-18-24-33-28(32)20-16-14-17-23-29-26(30)21-22-27(29)31;/h9-12,21-26H,1-8,13-20H2;21-22,25H,3-20,23-24H2,1-2H3;1H4. The van der Waals surface area contributed by atoms with E-state index in [9.17, 15) is 43.2 Å². The van der Waals surface area contributed by atoms with E-state index in [4.69, 9.17) is 14.2 Å². The number of ether oxygens (including phenoxy) is 3. The van der Waals surface area contributed by atoms with Crippen LogP contribution >= 0.6 is 0 Å². The highest BCUT2D eigenvalue weighted by Gasteiger charge is 2.56. The van der Waals surface area contributed by atoms with Crippen molar-refractivity contribution in [2.24, 2.45) is 41.4 Å². The Bertz CT molecular complexity index is 1920. The predicted molar refractivity (Wildman–Crippen MR) is 291 cm³/mol. The third-order valence-electron chi connectivity index (χ3n) is 16.3. The molecule has 6 atom stereocenters. The van der Waals surface area contributed by atoms with Gasteiger partial charge < -0.3 is 14.2 Å². The van der Waals surface area contributed by atoms with E-state index in [-0.39, 0.29) is 60.8 Å². The first-order chi connectivity index (χ1) is 36.3. The van der Waals surface area contributed by atoms with Gasteiger partial charge in [0.25, 0.3) is 35.4 Å². The van der Waals surface area contributed by atoms with Crippen molar-refractivity contribution in [3.63, 3.8) is 0 Å². The lowest BCUT2D eigenvalue weighted by Gasteiger charge is -2.31. The minimum atomic E-state index is -0.267. The zero-order valence-electron chi connectivity index (χ0n) is 45.7. The number of amides is 6. The van der Waals surface area contributed by atoms with E-state index in [2.05, 4.69) is 13.8 Å². The molecule has 15 heteroatoms. The maximum atomic E-state index is 12.3. The molecule has 76 heavy (non-hydrogen) atoms. The Morgan fingerprint density at radius 1 is 0.421 bits per heavy atom. The van der Waals surface area contributed by atoms with Gasteiger partial charge in [0.15, 0.2) is 0 Å². The fourth-order valence-corrected chi connectivity index (χ4v) is 12.2. The maximum Gasteiger partial charge on any atom is 0.305 e. The number of hydrogen-bond acceptors (Lipinski definition) is 12. The lowest BCUT2D eigenvalue weighted by Crippen LogP contribution is -2.30. The number of carbonyl (C=O) groups excluding carboxylic acids is 9. The minimum Gasteiger partial charge on any atom is -0.466 e. The number of rotatable bonds is 38. The number of nitrogens with zero attached hydrogens (tertiary/aromatic N) is 3. The number of imide groups is 3. The summed E-state index contributed by atoms with van der Waals surface area (Å²) in [5.41, 5.74) is 0. The third kappa shape index (κ3) is 22.6. The average Bonchev–Trinajstić information content (AvgIpc) is 4.25. The molecular formula is C61H95N3O12. The molecule has 6 aliphatic rings. The van der Waals surface area contributed by atoms with Crippen LogP contribution in [0.2, 0.25) is 0 Å². The molecule has 15 nitrogen and oxygen atoms in total. The summed E-state index contributed by atoms with van der Waals surface area (Å²) in [5.74, 6) is 2.24. The largest absolute Gasteiger partial charge is 0.466 e. The van der Waals surface area contributed by atoms with Crippen LogP contribution < -0.4 is 0 Å². The lowest BCUT2D eigenvalue weighted by atomic mass is 9.76. The molecule has 3 aliphatic carbocycles.